The van der Waals surface area contributed by atoms with E-state index in [1.165, 1.54) is 18.4 Å². The van der Waals surface area contributed by atoms with Crippen LogP contribution in [0.25, 0.3) is 0 Å². The molecule has 0 aromatic rings. The molecule has 14 heavy (non-hydrogen) atoms. The molecule has 0 aromatic heterocycles. The van der Waals surface area contributed by atoms with Gasteiger partial charge in [-0.15, -0.1) is 0 Å². The van der Waals surface area contributed by atoms with E-state index in [1.54, 1.807) is 0 Å². The summed E-state index contributed by atoms with van der Waals surface area (Å²) < 4.78 is 0. The number of nitriles is 1. The maximum atomic E-state index is 9.29. The third kappa shape index (κ3) is 2.07. The van der Waals surface area contributed by atoms with Crippen LogP contribution in [0.1, 0.15) is 46.0 Å². The first-order valence-corrected chi connectivity index (χ1v) is 5.53. The maximum absolute atomic E-state index is 9.29. The summed E-state index contributed by atoms with van der Waals surface area (Å²) in [4.78, 5) is 0. The topological polar surface area (TPSA) is 23.8 Å². The number of nitrogens with zero attached hydrogens (tertiary/aromatic N) is 1. The quantitative estimate of drug-likeness (QED) is 0.616. The SMILES string of the molecule is C/C=C(\C=C\CC)C1(C#N)CCCC1. The average molecular weight is 189 g/mol. The van der Waals surface area contributed by atoms with Crippen LogP contribution in [0, 0.1) is 16.7 Å². The first-order valence-electron chi connectivity index (χ1n) is 5.53. The van der Waals surface area contributed by atoms with Crippen LogP contribution >= 0.6 is 0 Å². The summed E-state index contributed by atoms with van der Waals surface area (Å²) in [6.45, 7) is 4.16. The molecule has 0 N–H and O–H groups in total. The number of hydrogen-bond donors (Lipinski definition) is 0. The van der Waals surface area contributed by atoms with Crippen molar-refractivity contribution in [1.29, 1.82) is 5.26 Å². The summed E-state index contributed by atoms with van der Waals surface area (Å²) in [5.41, 5.74) is 1.06. The van der Waals surface area contributed by atoms with Crippen molar-refractivity contribution in [2.24, 2.45) is 5.41 Å². The van der Waals surface area contributed by atoms with Gasteiger partial charge in [-0.05, 0) is 31.8 Å². The molecular weight excluding hydrogens is 170 g/mol. The fourth-order valence-corrected chi connectivity index (χ4v) is 2.22. The van der Waals surface area contributed by atoms with Gasteiger partial charge in [-0.25, -0.2) is 0 Å². The van der Waals surface area contributed by atoms with Crippen molar-refractivity contribution >= 4 is 0 Å². The molecule has 0 spiro atoms. The molecule has 1 rings (SSSR count). The van der Waals surface area contributed by atoms with Crippen molar-refractivity contribution in [2.75, 3.05) is 0 Å². The van der Waals surface area contributed by atoms with E-state index >= 15 is 0 Å². The molecule has 1 aliphatic rings. The minimum atomic E-state index is -0.166. The number of hydrogen-bond acceptors (Lipinski definition) is 1. The molecular formula is C13H19N. The fourth-order valence-electron chi connectivity index (χ4n) is 2.22. The lowest BCUT2D eigenvalue weighted by atomic mass is 9.79. The summed E-state index contributed by atoms with van der Waals surface area (Å²) in [7, 11) is 0. The van der Waals surface area contributed by atoms with Crippen LogP contribution in [0.2, 0.25) is 0 Å². The smallest absolute Gasteiger partial charge is 0.0819 e. The Morgan fingerprint density at radius 1 is 1.43 bits per heavy atom. The van der Waals surface area contributed by atoms with E-state index in [0.717, 1.165) is 19.3 Å². The predicted molar refractivity (Wildman–Crippen MR) is 59.7 cm³/mol. The Hall–Kier alpha value is -1.03. The Morgan fingerprint density at radius 2 is 2.07 bits per heavy atom. The van der Waals surface area contributed by atoms with Crippen LogP contribution in [-0.2, 0) is 0 Å². The summed E-state index contributed by atoms with van der Waals surface area (Å²) in [5, 5.41) is 9.29. The van der Waals surface area contributed by atoms with Gasteiger partial charge in [-0.3, -0.25) is 0 Å². The van der Waals surface area contributed by atoms with Gasteiger partial charge in [0, 0.05) is 0 Å². The van der Waals surface area contributed by atoms with E-state index in [0.29, 0.717) is 0 Å². The highest BCUT2D eigenvalue weighted by molar-refractivity contribution is 5.33. The molecule has 1 fully saturated rings. The molecule has 0 heterocycles. The van der Waals surface area contributed by atoms with Gasteiger partial charge in [-0.1, -0.05) is 38.0 Å². The first-order chi connectivity index (χ1) is 6.79. The monoisotopic (exact) mass is 189 g/mol. The van der Waals surface area contributed by atoms with Crippen molar-refractivity contribution in [1.82, 2.24) is 0 Å². The number of rotatable bonds is 3. The molecule has 1 aliphatic carbocycles. The van der Waals surface area contributed by atoms with E-state index in [-0.39, 0.29) is 5.41 Å². The lowest BCUT2D eigenvalue weighted by Crippen LogP contribution is -2.15. The Kier molecular flexibility index (Phi) is 3.95. The number of allylic oxidation sites excluding steroid dienone is 4. The molecule has 0 atom stereocenters. The van der Waals surface area contributed by atoms with Crippen molar-refractivity contribution in [3.05, 3.63) is 23.8 Å². The van der Waals surface area contributed by atoms with Crippen LogP contribution in [0.4, 0.5) is 0 Å². The zero-order chi connectivity index (χ0) is 10.4. The van der Waals surface area contributed by atoms with Gasteiger partial charge in [-0.2, -0.15) is 5.26 Å². The van der Waals surface area contributed by atoms with Crippen LogP contribution in [0.15, 0.2) is 23.8 Å². The fraction of sp³-hybridized carbons (Fsp3) is 0.615. The second-order valence-electron chi connectivity index (χ2n) is 3.96. The lowest BCUT2D eigenvalue weighted by molar-refractivity contribution is 0.505. The van der Waals surface area contributed by atoms with Gasteiger partial charge >= 0.3 is 0 Å². The third-order valence-corrected chi connectivity index (χ3v) is 3.07. The molecule has 0 unspecified atom stereocenters. The van der Waals surface area contributed by atoms with E-state index in [4.69, 9.17) is 0 Å². The molecule has 0 radical (unpaired) electrons. The summed E-state index contributed by atoms with van der Waals surface area (Å²) >= 11 is 0. The Labute approximate surface area is 87.1 Å². The van der Waals surface area contributed by atoms with Crippen LogP contribution in [-0.4, -0.2) is 0 Å². The van der Waals surface area contributed by atoms with E-state index in [9.17, 15) is 5.26 Å². The highest BCUT2D eigenvalue weighted by Gasteiger charge is 2.35. The van der Waals surface area contributed by atoms with Crippen molar-refractivity contribution in [3.63, 3.8) is 0 Å². The van der Waals surface area contributed by atoms with Crippen LogP contribution in [0.5, 0.6) is 0 Å². The minimum Gasteiger partial charge on any atom is -0.197 e. The zero-order valence-corrected chi connectivity index (χ0v) is 9.21. The van der Waals surface area contributed by atoms with Gasteiger partial charge in [0.25, 0.3) is 0 Å². The average Bonchev–Trinajstić information content (AvgIpc) is 2.69. The molecule has 0 saturated heterocycles. The Bertz CT molecular complexity index is 272. The standard InChI is InChI=1S/C13H19N/c1-3-5-8-12(4-2)13(11-14)9-6-7-10-13/h4-5,8H,3,6-7,9-10H2,1-2H3/b8-5+,12-4+. The molecule has 0 aliphatic heterocycles. The molecule has 1 saturated carbocycles. The highest BCUT2D eigenvalue weighted by Crippen LogP contribution is 2.44. The van der Waals surface area contributed by atoms with Crippen molar-refractivity contribution in [2.45, 2.75) is 46.0 Å². The van der Waals surface area contributed by atoms with Gasteiger partial charge in [0.15, 0.2) is 0 Å². The summed E-state index contributed by atoms with van der Waals surface area (Å²) in [6.07, 6.45) is 11.9. The van der Waals surface area contributed by atoms with Crippen LogP contribution in [0.3, 0.4) is 0 Å². The lowest BCUT2D eigenvalue weighted by Gasteiger charge is -2.21. The zero-order valence-electron chi connectivity index (χ0n) is 9.21. The molecule has 0 bridgehead atoms. The highest BCUT2D eigenvalue weighted by atomic mass is 14.4. The minimum absolute atomic E-state index is 0.166. The molecule has 0 aromatic carbocycles. The maximum Gasteiger partial charge on any atom is 0.0819 e. The van der Waals surface area contributed by atoms with Gasteiger partial charge in [0.1, 0.15) is 0 Å². The summed E-state index contributed by atoms with van der Waals surface area (Å²) in [5.74, 6) is 0. The second-order valence-corrected chi connectivity index (χ2v) is 3.96. The molecule has 76 valence electrons. The molecule has 1 heteroatoms. The predicted octanol–water partition coefficient (Wildman–Crippen LogP) is 3.98. The summed E-state index contributed by atoms with van der Waals surface area (Å²) in [6, 6.07) is 2.52. The van der Waals surface area contributed by atoms with Crippen molar-refractivity contribution in [3.8, 4) is 6.07 Å². The van der Waals surface area contributed by atoms with Crippen molar-refractivity contribution < 1.29 is 0 Å². The third-order valence-electron chi connectivity index (χ3n) is 3.07. The Morgan fingerprint density at radius 3 is 2.50 bits per heavy atom. The van der Waals surface area contributed by atoms with Gasteiger partial charge in [0.05, 0.1) is 11.5 Å². The van der Waals surface area contributed by atoms with E-state index < -0.39 is 0 Å². The first kappa shape index (κ1) is 11.0. The van der Waals surface area contributed by atoms with E-state index in [1.807, 2.05) is 6.92 Å². The van der Waals surface area contributed by atoms with Gasteiger partial charge in [0.2, 0.25) is 0 Å². The molecule has 1 nitrogen and oxygen atoms in total. The van der Waals surface area contributed by atoms with Crippen LogP contribution < -0.4 is 0 Å². The normalized spacial score (nSPS) is 21.4. The van der Waals surface area contributed by atoms with Gasteiger partial charge < -0.3 is 0 Å². The van der Waals surface area contributed by atoms with E-state index in [2.05, 4.69) is 31.2 Å². The molecule has 0 amide bonds. The largest absolute Gasteiger partial charge is 0.197 e. The second kappa shape index (κ2) is 5.00. The Balaban J connectivity index is 2.87.